The second kappa shape index (κ2) is 9.65. The molecule has 0 unspecified atom stereocenters. The number of hydrogen-bond acceptors (Lipinski definition) is 7. The molecule has 4 bridgehead atoms. The summed E-state index contributed by atoms with van der Waals surface area (Å²) in [6.45, 7) is 10.2. The van der Waals surface area contributed by atoms with Crippen LogP contribution in [-0.2, 0) is 18.9 Å². The Labute approximate surface area is 219 Å². The number of H-pyrrole nitrogens is 1. The monoisotopic (exact) mass is 515 g/mol. The van der Waals surface area contributed by atoms with Gasteiger partial charge in [0, 0.05) is 42.4 Å². The molecule has 0 aromatic carbocycles. The molecule has 2 aliphatic carbocycles. The number of carbonyl (C=O) groups is 1. The lowest BCUT2D eigenvalue weighted by molar-refractivity contribution is -0.125. The highest BCUT2D eigenvalue weighted by molar-refractivity contribution is 5.87. The van der Waals surface area contributed by atoms with Crippen molar-refractivity contribution in [3.05, 3.63) is 47.8 Å². The lowest BCUT2D eigenvalue weighted by Gasteiger charge is -2.53. The zero-order chi connectivity index (χ0) is 26.7. The molecule has 8 heteroatoms. The highest BCUT2D eigenvalue weighted by atomic mass is 16.6. The van der Waals surface area contributed by atoms with Crippen LogP contribution in [0.1, 0.15) is 51.5 Å². The van der Waals surface area contributed by atoms with Crippen molar-refractivity contribution in [1.29, 1.82) is 0 Å². The molecular formula is C29H41NO7. The molecule has 1 spiro atoms. The molecule has 4 aliphatic rings. The summed E-state index contributed by atoms with van der Waals surface area (Å²) in [5.74, 6) is -1.18. The minimum atomic E-state index is -0.805. The summed E-state index contributed by atoms with van der Waals surface area (Å²) in [5, 5.41) is 22.4. The van der Waals surface area contributed by atoms with Crippen LogP contribution in [0.4, 0.5) is 0 Å². The predicted octanol–water partition coefficient (Wildman–Crippen LogP) is 3.26. The van der Waals surface area contributed by atoms with E-state index in [1.807, 2.05) is 13.8 Å². The molecule has 2 aliphatic heterocycles. The fourth-order valence-corrected chi connectivity index (χ4v) is 7.63. The van der Waals surface area contributed by atoms with Crippen molar-refractivity contribution in [2.24, 2.45) is 29.1 Å². The summed E-state index contributed by atoms with van der Waals surface area (Å²) in [7, 11) is 1.67. The molecule has 3 N–H and O–H groups in total. The first-order chi connectivity index (χ1) is 17.5. The van der Waals surface area contributed by atoms with Crippen LogP contribution in [0.25, 0.3) is 0 Å². The van der Waals surface area contributed by atoms with Gasteiger partial charge >= 0.3 is 5.97 Å². The van der Waals surface area contributed by atoms with Crippen molar-refractivity contribution in [3.63, 3.8) is 0 Å². The van der Waals surface area contributed by atoms with Gasteiger partial charge in [0.05, 0.1) is 31.0 Å². The van der Waals surface area contributed by atoms with Gasteiger partial charge in [-0.3, -0.25) is 0 Å². The summed E-state index contributed by atoms with van der Waals surface area (Å²) in [6.07, 6.45) is 5.73. The van der Waals surface area contributed by atoms with E-state index in [0.29, 0.717) is 18.7 Å². The molecule has 12 atom stereocenters. The summed E-state index contributed by atoms with van der Waals surface area (Å²) in [6, 6.07) is 3.44. The molecule has 204 valence electrons. The van der Waals surface area contributed by atoms with Crippen molar-refractivity contribution >= 4 is 5.97 Å². The first kappa shape index (κ1) is 26.6. The van der Waals surface area contributed by atoms with Crippen molar-refractivity contribution in [3.8, 4) is 0 Å². The van der Waals surface area contributed by atoms with Crippen LogP contribution in [0.3, 0.4) is 0 Å². The minimum absolute atomic E-state index is 0.0737. The Morgan fingerprint density at radius 3 is 2.73 bits per heavy atom. The summed E-state index contributed by atoms with van der Waals surface area (Å²) >= 11 is 0. The fraction of sp³-hybridized carbons (Fsp3) is 0.690. The fourth-order valence-electron chi connectivity index (χ4n) is 7.63. The first-order valence-electron chi connectivity index (χ1n) is 13.5. The Kier molecular flexibility index (Phi) is 6.94. The van der Waals surface area contributed by atoms with E-state index in [1.165, 1.54) is 0 Å². The Bertz CT molecular complexity index is 1050. The van der Waals surface area contributed by atoms with Crippen LogP contribution in [0.5, 0.6) is 0 Å². The van der Waals surface area contributed by atoms with E-state index in [1.54, 1.807) is 32.4 Å². The van der Waals surface area contributed by atoms with Crippen LogP contribution < -0.4 is 0 Å². The number of aliphatic hydroxyl groups excluding tert-OH is 2. The van der Waals surface area contributed by atoms with Gasteiger partial charge in [0.1, 0.15) is 23.5 Å². The van der Waals surface area contributed by atoms with Crippen molar-refractivity contribution in [1.82, 2.24) is 4.98 Å². The number of hydrogen-bond donors (Lipinski definition) is 3. The number of rotatable bonds is 4. The van der Waals surface area contributed by atoms with Gasteiger partial charge in [0.15, 0.2) is 0 Å². The third-order valence-corrected chi connectivity index (χ3v) is 9.51. The number of aromatic nitrogens is 1. The average molecular weight is 516 g/mol. The zero-order valence-electron chi connectivity index (χ0n) is 22.6. The highest BCUT2D eigenvalue weighted by Crippen LogP contribution is 2.66. The summed E-state index contributed by atoms with van der Waals surface area (Å²) in [5.41, 5.74) is 0.0360. The number of nitrogens with one attached hydrogen (secondary N) is 1. The highest BCUT2D eigenvalue weighted by Gasteiger charge is 2.73. The lowest BCUT2D eigenvalue weighted by atomic mass is 9.51. The normalized spacial score (nSPS) is 47.5. The number of methoxy groups -OCH3 is 1. The van der Waals surface area contributed by atoms with E-state index in [-0.39, 0.29) is 29.8 Å². The molecular weight excluding hydrogens is 474 g/mol. The Balaban J connectivity index is 1.60. The molecule has 2 fully saturated rings. The predicted molar refractivity (Wildman–Crippen MR) is 137 cm³/mol. The molecule has 0 amide bonds. The standard InChI is InChI=1S/C29H41NO7/c1-15-12-16(2)29-19(13-20(34-6)14-35-23(15)18(4)31)9-10-28(5)25(29)22(32)17(3)24(26(28)37-29)36-27(33)21-8-7-11-30-21/h7-12,15,17-20,22-26,30-32H,13-14H2,1-6H3/b16-12+/t15-,17-,18-,19-,20+,22-,23+,24-,25-,26+,28-,29+/m1/s1. The molecule has 3 heterocycles. The molecule has 1 saturated heterocycles. The van der Waals surface area contributed by atoms with Gasteiger partial charge in [0.25, 0.3) is 0 Å². The van der Waals surface area contributed by atoms with E-state index in [4.69, 9.17) is 18.9 Å². The number of carbonyl (C=O) groups excluding carboxylic acids is 1. The van der Waals surface area contributed by atoms with Gasteiger partial charge in [-0.15, -0.1) is 0 Å². The second-order valence-electron chi connectivity index (χ2n) is 11.8. The quantitative estimate of drug-likeness (QED) is 0.417. The van der Waals surface area contributed by atoms with Gasteiger partial charge < -0.3 is 34.1 Å². The zero-order valence-corrected chi connectivity index (χ0v) is 22.6. The van der Waals surface area contributed by atoms with Gasteiger partial charge in [0.2, 0.25) is 0 Å². The number of aliphatic hydroxyl groups is 2. The molecule has 8 nitrogen and oxygen atoms in total. The number of esters is 1. The van der Waals surface area contributed by atoms with E-state index in [9.17, 15) is 15.0 Å². The maximum atomic E-state index is 13.0. The van der Waals surface area contributed by atoms with E-state index >= 15 is 0 Å². The van der Waals surface area contributed by atoms with Crippen molar-refractivity contribution in [2.45, 2.75) is 83.3 Å². The van der Waals surface area contributed by atoms with Crippen LogP contribution in [-0.4, -0.2) is 77.1 Å². The summed E-state index contributed by atoms with van der Waals surface area (Å²) in [4.78, 5) is 15.9. The topological polar surface area (TPSA) is 110 Å². The van der Waals surface area contributed by atoms with Gasteiger partial charge in [-0.2, -0.15) is 0 Å². The molecule has 1 aromatic heterocycles. The van der Waals surface area contributed by atoms with Gasteiger partial charge in [-0.1, -0.05) is 39.0 Å². The number of aromatic amines is 1. The second-order valence-corrected chi connectivity index (χ2v) is 11.8. The molecule has 1 aromatic rings. The third-order valence-electron chi connectivity index (χ3n) is 9.51. The molecule has 1 saturated carbocycles. The van der Waals surface area contributed by atoms with Crippen LogP contribution in [0.15, 0.2) is 42.1 Å². The summed E-state index contributed by atoms with van der Waals surface area (Å²) < 4.78 is 25.1. The lowest BCUT2D eigenvalue weighted by Crippen LogP contribution is -2.61. The van der Waals surface area contributed by atoms with E-state index in [0.717, 1.165) is 5.57 Å². The van der Waals surface area contributed by atoms with E-state index < -0.39 is 47.5 Å². The van der Waals surface area contributed by atoms with Crippen LogP contribution >= 0.6 is 0 Å². The van der Waals surface area contributed by atoms with Crippen LogP contribution in [0, 0.1) is 29.1 Å². The van der Waals surface area contributed by atoms with Crippen molar-refractivity contribution in [2.75, 3.05) is 13.7 Å². The Morgan fingerprint density at radius 2 is 2.08 bits per heavy atom. The Morgan fingerprint density at radius 1 is 1.32 bits per heavy atom. The van der Waals surface area contributed by atoms with Crippen molar-refractivity contribution < 1.29 is 34.0 Å². The molecule has 5 rings (SSSR count). The van der Waals surface area contributed by atoms with Crippen LogP contribution in [0.2, 0.25) is 0 Å². The first-order valence-corrected chi connectivity index (χ1v) is 13.5. The number of ether oxygens (including phenoxy) is 4. The van der Waals surface area contributed by atoms with E-state index in [2.05, 4.69) is 37.1 Å². The Hall–Kier alpha value is -1.97. The minimum Gasteiger partial charge on any atom is -0.455 e. The molecule has 37 heavy (non-hydrogen) atoms. The maximum Gasteiger partial charge on any atom is 0.355 e. The molecule has 0 radical (unpaired) electrons. The maximum absolute atomic E-state index is 13.0. The third kappa shape index (κ3) is 4.03. The smallest absolute Gasteiger partial charge is 0.355 e. The van der Waals surface area contributed by atoms with Gasteiger partial charge in [-0.05, 0) is 38.0 Å². The van der Waals surface area contributed by atoms with Gasteiger partial charge in [-0.25, -0.2) is 4.79 Å². The largest absolute Gasteiger partial charge is 0.455 e. The average Bonchev–Trinajstić information content (AvgIpc) is 3.43. The SMILES string of the molecule is CO[C@@H]1CO[C@H]([C@@H](C)O)[C@H](C)/C=C(\C)[C@@]23O[C@H]4[C@H](OC(=O)c5ccc[nH]5)[C@H](C)[C@@H](O)[C@@H]2[C@@]4(C)C=C[C@@H]3C1.